The Labute approximate surface area is 145 Å². The molecule has 0 saturated carbocycles. The second kappa shape index (κ2) is 6.47. The van der Waals surface area contributed by atoms with Gasteiger partial charge < -0.3 is 9.42 Å². The molecule has 1 aliphatic heterocycles. The number of hydrogen-bond donors (Lipinski definition) is 0. The molecule has 0 aliphatic carbocycles. The highest BCUT2D eigenvalue weighted by Crippen LogP contribution is 2.33. The van der Waals surface area contributed by atoms with Crippen LogP contribution < -0.4 is 0 Å². The molecule has 0 N–H and O–H groups in total. The molecule has 126 valence electrons. The van der Waals surface area contributed by atoms with E-state index in [1.807, 2.05) is 47.4 Å². The summed E-state index contributed by atoms with van der Waals surface area (Å²) >= 11 is 0. The van der Waals surface area contributed by atoms with E-state index in [9.17, 15) is 4.79 Å². The molecule has 1 amide bonds. The molecule has 1 fully saturated rings. The van der Waals surface area contributed by atoms with E-state index in [2.05, 4.69) is 22.0 Å². The molecule has 2 unspecified atom stereocenters. The van der Waals surface area contributed by atoms with Crippen LogP contribution in [0.4, 0.5) is 0 Å². The van der Waals surface area contributed by atoms with E-state index in [0.717, 1.165) is 5.56 Å². The van der Waals surface area contributed by atoms with Crippen molar-refractivity contribution in [3.05, 3.63) is 66.3 Å². The van der Waals surface area contributed by atoms with Crippen molar-refractivity contribution in [3.8, 4) is 11.4 Å². The average molecular weight is 334 g/mol. The van der Waals surface area contributed by atoms with Gasteiger partial charge in [-0.05, 0) is 30.2 Å². The van der Waals surface area contributed by atoms with Crippen molar-refractivity contribution < 1.29 is 9.32 Å². The molecule has 2 aromatic heterocycles. The Hall–Kier alpha value is -3.02. The fraction of sp³-hybridized carbons (Fsp3) is 0.263. The van der Waals surface area contributed by atoms with Gasteiger partial charge in [0.2, 0.25) is 11.7 Å². The molecule has 1 aromatic carbocycles. The number of amides is 1. The van der Waals surface area contributed by atoms with Gasteiger partial charge in [0.15, 0.2) is 0 Å². The molecule has 0 bridgehead atoms. The summed E-state index contributed by atoms with van der Waals surface area (Å²) in [6.07, 6.45) is 3.41. The molecular formula is C19H18N4O2. The van der Waals surface area contributed by atoms with Gasteiger partial charge in [-0.25, -0.2) is 0 Å². The number of nitrogens with zero attached hydrogens (tertiary/aromatic N) is 4. The third-order valence-electron chi connectivity index (χ3n) is 4.60. The zero-order valence-corrected chi connectivity index (χ0v) is 13.9. The molecular weight excluding hydrogens is 316 g/mol. The van der Waals surface area contributed by atoms with Gasteiger partial charge in [0, 0.05) is 36.6 Å². The summed E-state index contributed by atoms with van der Waals surface area (Å²) in [5.41, 5.74) is 1.53. The molecule has 2 atom stereocenters. The number of aromatic nitrogens is 3. The predicted molar refractivity (Wildman–Crippen MR) is 91.8 cm³/mol. The van der Waals surface area contributed by atoms with Crippen LogP contribution >= 0.6 is 0 Å². The fourth-order valence-electron chi connectivity index (χ4n) is 3.22. The molecule has 1 saturated heterocycles. The number of carbonyl (C=O) groups is 1. The van der Waals surface area contributed by atoms with Crippen LogP contribution in [0.1, 0.15) is 29.1 Å². The van der Waals surface area contributed by atoms with Crippen molar-refractivity contribution in [2.75, 3.05) is 13.1 Å². The first-order valence-corrected chi connectivity index (χ1v) is 8.30. The monoisotopic (exact) mass is 334 g/mol. The summed E-state index contributed by atoms with van der Waals surface area (Å²) in [6.45, 7) is 3.38. The number of likely N-dealkylation sites (tertiary alicyclic amines) is 1. The molecule has 4 rings (SSSR count). The van der Waals surface area contributed by atoms with Crippen LogP contribution in [0.3, 0.4) is 0 Å². The topological polar surface area (TPSA) is 72.1 Å². The maximum absolute atomic E-state index is 12.6. The lowest BCUT2D eigenvalue weighted by molar-refractivity contribution is 0.0786. The quantitative estimate of drug-likeness (QED) is 0.736. The largest absolute Gasteiger partial charge is 0.339 e. The van der Waals surface area contributed by atoms with Gasteiger partial charge in [-0.2, -0.15) is 4.98 Å². The van der Waals surface area contributed by atoms with Gasteiger partial charge in [0.25, 0.3) is 5.91 Å². The smallest absolute Gasteiger partial charge is 0.253 e. The Bertz CT molecular complexity index is 863. The first-order chi connectivity index (χ1) is 12.2. The molecule has 6 nitrogen and oxygen atoms in total. The second-order valence-electron chi connectivity index (χ2n) is 6.36. The number of hydrogen-bond acceptors (Lipinski definition) is 5. The Kier molecular flexibility index (Phi) is 4.01. The van der Waals surface area contributed by atoms with Gasteiger partial charge >= 0.3 is 0 Å². The molecule has 25 heavy (non-hydrogen) atoms. The van der Waals surface area contributed by atoms with Gasteiger partial charge in [-0.1, -0.05) is 30.3 Å². The maximum atomic E-state index is 12.6. The lowest BCUT2D eigenvalue weighted by Crippen LogP contribution is -2.28. The van der Waals surface area contributed by atoms with Crippen molar-refractivity contribution in [1.82, 2.24) is 20.0 Å². The van der Waals surface area contributed by atoms with Crippen molar-refractivity contribution in [2.45, 2.75) is 12.8 Å². The highest BCUT2D eigenvalue weighted by atomic mass is 16.5. The molecule has 0 radical (unpaired) electrons. The molecule has 0 spiro atoms. The summed E-state index contributed by atoms with van der Waals surface area (Å²) in [7, 11) is 0. The van der Waals surface area contributed by atoms with E-state index < -0.39 is 0 Å². The van der Waals surface area contributed by atoms with E-state index in [1.165, 1.54) is 0 Å². The van der Waals surface area contributed by atoms with Crippen molar-refractivity contribution in [1.29, 1.82) is 0 Å². The summed E-state index contributed by atoms with van der Waals surface area (Å²) in [4.78, 5) is 23.1. The Morgan fingerprint density at radius 3 is 2.76 bits per heavy atom. The summed E-state index contributed by atoms with van der Waals surface area (Å²) in [5, 5.41) is 4.06. The van der Waals surface area contributed by atoms with E-state index >= 15 is 0 Å². The Morgan fingerprint density at radius 2 is 2.00 bits per heavy atom. The minimum Gasteiger partial charge on any atom is -0.339 e. The normalized spacial score (nSPS) is 20.0. The van der Waals surface area contributed by atoms with Crippen molar-refractivity contribution in [3.63, 3.8) is 0 Å². The third-order valence-corrected chi connectivity index (χ3v) is 4.60. The highest BCUT2D eigenvalue weighted by Gasteiger charge is 2.37. The first kappa shape index (κ1) is 15.5. The molecule has 6 heteroatoms. The minimum atomic E-state index is 0.0435. The Balaban J connectivity index is 1.52. The standard InChI is InChI=1S/C19H18N4O2/c1-13-11-23(19(24)14-6-3-2-4-7-14)12-16(13)18-21-17(22-25-18)15-8-5-9-20-10-15/h2-10,13,16H,11-12H2,1H3. The second-order valence-corrected chi connectivity index (χ2v) is 6.36. The molecule has 3 aromatic rings. The SMILES string of the molecule is CC1CN(C(=O)c2ccccc2)CC1c1nc(-c2cccnc2)no1. The van der Waals surface area contributed by atoms with Crippen LogP contribution in [0.5, 0.6) is 0 Å². The molecule has 3 heterocycles. The highest BCUT2D eigenvalue weighted by molar-refractivity contribution is 5.94. The van der Waals surface area contributed by atoms with Crippen molar-refractivity contribution in [2.24, 2.45) is 5.92 Å². The van der Waals surface area contributed by atoms with E-state index in [-0.39, 0.29) is 17.7 Å². The van der Waals surface area contributed by atoms with Crippen LogP contribution in [-0.4, -0.2) is 39.0 Å². The lowest BCUT2D eigenvalue weighted by atomic mass is 9.98. The minimum absolute atomic E-state index is 0.0435. The number of benzene rings is 1. The maximum Gasteiger partial charge on any atom is 0.253 e. The zero-order valence-electron chi connectivity index (χ0n) is 13.9. The van der Waals surface area contributed by atoms with Crippen molar-refractivity contribution >= 4 is 5.91 Å². The van der Waals surface area contributed by atoms with E-state index in [0.29, 0.717) is 30.4 Å². The van der Waals surface area contributed by atoms with Gasteiger partial charge in [-0.3, -0.25) is 9.78 Å². The zero-order chi connectivity index (χ0) is 17.2. The van der Waals surface area contributed by atoms with Gasteiger partial charge in [-0.15, -0.1) is 0 Å². The van der Waals surface area contributed by atoms with E-state index in [1.54, 1.807) is 12.4 Å². The number of pyridine rings is 1. The summed E-state index contributed by atoms with van der Waals surface area (Å²) in [6, 6.07) is 13.1. The average Bonchev–Trinajstić information content (AvgIpc) is 3.29. The fourth-order valence-corrected chi connectivity index (χ4v) is 3.22. The summed E-state index contributed by atoms with van der Waals surface area (Å²) < 4.78 is 5.48. The van der Waals surface area contributed by atoms with E-state index in [4.69, 9.17) is 4.52 Å². The predicted octanol–water partition coefficient (Wildman–Crippen LogP) is 3.01. The van der Waals surface area contributed by atoms with Gasteiger partial charge in [0.05, 0.1) is 5.92 Å². The van der Waals surface area contributed by atoms with Gasteiger partial charge in [0.1, 0.15) is 0 Å². The van der Waals surface area contributed by atoms with Crippen LogP contribution in [0.15, 0.2) is 59.4 Å². The third kappa shape index (κ3) is 3.03. The first-order valence-electron chi connectivity index (χ1n) is 8.30. The van der Waals surface area contributed by atoms with Crippen LogP contribution in [-0.2, 0) is 0 Å². The summed E-state index contributed by atoms with van der Waals surface area (Å²) in [5.74, 6) is 1.46. The van der Waals surface area contributed by atoms with Crippen LogP contribution in [0, 0.1) is 5.92 Å². The number of rotatable bonds is 3. The molecule has 1 aliphatic rings. The van der Waals surface area contributed by atoms with Crippen LogP contribution in [0.2, 0.25) is 0 Å². The lowest BCUT2D eigenvalue weighted by Gasteiger charge is -2.15. The van der Waals surface area contributed by atoms with Crippen LogP contribution in [0.25, 0.3) is 11.4 Å². The number of carbonyl (C=O) groups excluding carboxylic acids is 1. The Morgan fingerprint density at radius 1 is 1.16 bits per heavy atom.